The minimum absolute atomic E-state index is 0.555. The maximum absolute atomic E-state index is 12.5. The van der Waals surface area contributed by atoms with Gasteiger partial charge in [0, 0.05) is 11.8 Å². The summed E-state index contributed by atoms with van der Waals surface area (Å²) in [4.78, 5) is 5.05. The lowest BCUT2D eigenvalue weighted by Crippen LogP contribution is -2.29. The van der Waals surface area contributed by atoms with E-state index in [9.17, 15) is 5.11 Å². The molecule has 2 aromatic heterocycles. The number of ether oxygens (including phenoxy) is 2. The Kier molecular flexibility index (Phi) is 5.56. The van der Waals surface area contributed by atoms with Gasteiger partial charge in [-0.1, -0.05) is 60.2 Å². The third-order valence-corrected chi connectivity index (χ3v) is 6.22. The van der Waals surface area contributed by atoms with Gasteiger partial charge < -0.3 is 14.6 Å². The van der Waals surface area contributed by atoms with E-state index in [0.717, 1.165) is 28.4 Å². The molecule has 0 amide bonds. The molecule has 1 N–H and O–H groups in total. The Hall–Kier alpha value is -4.09. The molecule has 5 nitrogen and oxygen atoms in total. The van der Waals surface area contributed by atoms with Gasteiger partial charge in [-0.15, -0.1) is 0 Å². The summed E-state index contributed by atoms with van der Waals surface area (Å²) in [5.74, 6) is 2.21. The number of pyridine rings is 1. The van der Waals surface area contributed by atoms with Gasteiger partial charge in [-0.3, -0.25) is 4.40 Å². The molecular formula is C29H26N2O3. The highest BCUT2D eigenvalue weighted by Gasteiger charge is 2.38. The molecule has 0 saturated carbocycles. The fraction of sp³-hybridized carbons (Fsp3) is 0.138. The van der Waals surface area contributed by atoms with Gasteiger partial charge in [-0.2, -0.15) is 0 Å². The molecule has 5 rings (SSSR count). The normalized spacial score (nSPS) is 11.5. The lowest BCUT2D eigenvalue weighted by Gasteiger charge is -2.28. The Morgan fingerprint density at radius 2 is 1.29 bits per heavy atom. The molecule has 0 aliphatic carbocycles. The summed E-state index contributed by atoms with van der Waals surface area (Å²) in [5, 5.41) is 12.5. The number of aliphatic hydroxyl groups is 1. The monoisotopic (exact) mass is 450 g/mol. The number of rotatable bonds is 6. The first-order valence-electron chi connectivity index (χ1n) is 11.1. The van der Waals surface area contributed by atoms with Gasteiger partial charge in [0.25, 0.3) is 0 Å². The third-order valence-electron chi connectivity index (χ3n) is 6.22. The summed E-state index contributed by atoms with van der Waals surface area (Å²) < 4.78 is 12.7. The van der Waals surface area contributed by atoms with Crippen LogP contribution in [0.15, 0.2) is 97.2 Å². The topological polar surface area (TPSA) is 56.0 Å². The van der Waals surface area contributed by atoms with Crippen molar-refractivity contribution in [2.24, 2.45) is 0 Å². The number of nitrogens with zero attached hydrogens (tertiary/aromatic N) is 2. The van der Waals surface area contributed by atoms with Crippen LogP contribution >= 0.6 is 0 Å². The number of aromatic nitrogens is 2. The summed E-state index contributed by atoms with van der Waals surface area (Å²) in [6.45, 7) is 2.06. The van der Waals surface area contributed by atoms with E-state index in [2.05, 4.69) is 31.2 Å². The van der Waals surface area contributed by atoms with Crippen LogP contribution in [-0.4, -0.2) is 28.7 Å². The molecule has 0 fully saturated rings. The number of hydrogen-bond donors (Lipinski definition) is 1. The quantitative estimate of drug-likeness (QED) is 0.365. The third kappa shape index (κ3) is 3.60. The van der Waals surface area contributed by atoms with Crippen molar-refractivity contribution in [3.63, 3.8) is 0 Å². The molecule has 5 aromatic rings. The largest absolute Gasteiger partial charge is 0.497 e. The van der Waals surface area contributed by atoms with Crippen LogP contribution < -0.4 is 9.47 Å². The first kappa shape index (κ1) is 21.7. The second kappa shape index (κ2) is 8.69. The highest BCUT2D eigenvalue weighted by Crippen LogP contribution is 2.40. The standard InChI is InChI=1S/C29H26N2O3/c1-20-7-9-21(10-8-20)28-30-27(26-6-4-5-19-31(26)28)29(32,22-11-15-24(33-2)16-12-22)23-13-17-25(34-3)18-14-23/h4-19,32H,1-3H3. The Balaban J connectivity index is 1.79. The van der Waals surface area contributed by atoms with Gasteiger partial charge in [0.2, 0.25) is 0 Å². The van der Waals surface area contributed by atoms with Crippen LogP contribution in [0.1, 0.15) is 22.4 Å². The molecule has 0 spiro atoms. The minimum atomic E-state index is -1.51. The van der Waals surface area contributed by atoms with Crippen LogP contribution in [0, 0.1) is 6.92 Å². The Morgan fingerprint density at radius 1 is 0.735 bits per heavy atom. The van der Waals surface area contributed by atoms with E-state index in [0.29, 0.717) is 16.8 Å². The van der Waals surface area contributed by atoms with Gasteiger partial charge in [0.05, 0.1) is 19.7 Å². The Morgan fingerprint density at radius 3 is 1.82 bits per heavy atom. The van der Waals surface area contributed by atoms with Crippen LogP contribution in [0.2, 0.25) is 0 Å². The summed E-state index contributed by atoms with van der Waals surface area (Å²) in [6.07, 6.45) is 1.98. The average molecular weight is 451 g/mol. The van der Waals surface area contributed by atoms with Crippen molar-refractivity contribution < 1.29 is 14.6 Å². The Labute approximate surface area is 198 Å². The maximum Gasteiger partial charge on any atom is 0.159 e. The van der Waals surface area contributed by atoms with E-state index in [1.165, 1.54) is 5.56 Å². The second-order valence-electron chi connectivity index (χ2n) is 8.27. The lowest BCUT2D eigenvalue weighted by atomic mass is 9.83. The second-order valence-corrected chi connectivity index (χ2v) is 8.27. The smallest absolute Gasteiger partial charge is 0.159 e. The number of hydrogen-bond acceptors (Lipinski definition) is 4. The molecule has 0 aliphatic heterocycles. The van der Waals surface area contributed by atoms with Crippen molar-refractivity contribution in [2.75, 3.05) is 14.2 Å². The predicted octanol–water partition coefficient (Wildman–Crippen LogP) is 5.61. The van der Waals surface area contributed by atoms with Gasteiger partial charge in [0.15, 0.2) is 5.60 Å². The molecule has 5 heteroatoms. The van der Waals surface area contributed by atoms with E-state index in [-0.39, 0.29) is 0 Å². The molecule has 0 saturated heterocycles. The van der Waals surface area contributed by atoms with Crippen molar-refractivity contribution in [1.29, 1.82) is 0 Å². The van der Waals surface area contributed by atoms with Crippen molar-refractivity contribution >= 4 is 5.52 Å². The molecule has 0 bridgehead atoms. The number of benzene rings is 3. The fourth-order valence-electron chi connectivity index (χ4n) is 4.31. The molecule has 34 heavy (non-hydrogen) atoms. The predicted molar refractivity (Wildman–Crippen MR) is 133 cm³/mol. The van der Waals surface area contributed by atoms with Crippen LogP contribution in [0.5, 0.6) is 11.5 Å². The number of aryl methyl sites for hydroxylation is 1. The fourth-order valence-corrected chi connectivity index (χ4v) is 4.31. The van der Waals surface area contributed by atoms with Crippen molar-refractivity contribution in [1.82, 2.24) is 9.38 Å². The van der Waals surface area contributed by atoms with Gasteiger partial charge in [0.1, 0.15) is 23.0 Å². The number of fused-ring (bicyclic) bond motifs is 1. The number of methoxy groups -OCH3 is 2. The molecule has 0 unspecified atom stereocenters. The number of imidazole rings is 1. The zero-order chi connectivity index (χ0) is 23.7. The van der Waals surface area contributed by atoms with Crippen LogP contribution in [-0.2, 0) is 5.60 Å². The Bertz CT molecular complexity index is 1370. The van der Waals surface area contributed by atoms with Crippen LogP contribution in [0.25, 0.3) is 16.9 Å². The van der Waals surface area contributed by atoms with E-state index < -0.39 is 5.60 Å². The van der Waals surface area contributed by atoms with Crippen molar-refractivity contribution in [3.05, 3.63) is 120 Å². The SMILES string of the molecule is COc1ccc(C(O)(c2ccc(OC)cc2)c2nc(-c3ccc(C)cc3)n3ccccc23)cc1. The van der Waals surface area contributed by atoms with Crippen molar-refractivity contribution in [2.45, 2.75) is 12.5 Å². The van der Waals surface area contributed by atoms with Gasteiger partial charge in [-0.25, -0.2) is 4.98 Å². The first-order chi connectivity index (χ1) is 16.5. The average Bonchev–Trinajstić information content (AvgIpc) is 3.29. The molecular weight excluding hydrogens is 424 g/mol. The summed E-state index contributed by atoms with van der Waals surface area (Å²) in [7, 11) is 3.25. The van der Waals surface area contributed by atoms with Gasteiger partial charge >= 0.3 is 0 Å². The van der Waals surface area contributed by atoms with E-state index in [4.69, 9.17) is 14.5 Å². The van der Waals surface area contributed by atoms with E-state index in [1.54, 1.807) is 14.2 Å². The lowest BCUT2D eigenvalue weighted by molar-refractivity contribution is 0.123. The zero-order valence-electron chi connectivity index (χ0n) is 19.4. The highest BCUT2D eigenvalue weighted by atomic mass is 16.5. The van der Waals surface area contributed by atoms with Gasteiger partial charge in [-0.05, 0) is 54.4 Å². The van der Waals surface area contributed by atoms with Crippen molar-refractivity contribution in [3.8, 4) is 22.9 Å². The minimum Gasteiger partial charge on any atom is -0.497 e. The molecule has 170 valence electrons. The van der Waals surface area contributed by atoms with Crippen LogP contribution in [0.3, 0.4) is 0 Å². The summed E-state index contributed by atoms with van der Waals surface area (Å²) in [6, 6.07) is 29.1. The van der Waals surface area contributed by atoms with Crippen LogP contribution in [0.4, 0.5) is 0 Å². The molecule has 0 aliphatic rings. The molecule has 0 radical (unpaired) electrons. The molecule has 2 heterocycles. The maximum atomic E-state index is 12.5. The highest BCUT2D eigenvalue weighted by molar-refractivity contribution is 5.69. The van der Waals surface area contributed by atoms with E-state index in [1.807, 2.05) is 77.3 Å². The van der Waals surface area contributed by atoms with E-state index >= 15 is 0 Å². The zero-order valence-corrected chi connectivity index (χ0v) is 19.4. The molecule has 0 atom stereocenters. The first-order valence-corrected chi connectivity index (χ1v) is 11.1. The summed E-state index contributed by atoms with van der Waals surface area (Å²) >= 11 is 0. The molecule has 3 aromatic carbocycles. The summed E-state index contributed by atoms with van der Waals surface area (Å²) in [5.41, 5.74) is 3.41.